The van der Waals surface area contributed by atoms with Gasteiger partial charge >= 0.3 is 202 Å². The standard InChI is InChI=1S/C40H38N4O.Pt/c1-26-14-19-34(43-25-42(5)36-12-8-9-13-37(36)43)33-23-28(15-17-30(26)33)45-29-16-18-32-31-10-6-7-11-35(31)44(38(32)24-29)39-22-27(20-21-41-39)40(2,3)4;/h6-13,15-18,20-24,26,34H,14,19H2,1-5H3;/i6D,7D,10D,11D;. The number of ether oxygens (including phenoxy) is 1. The monoisotopic (exact) mass is 789 g/mol. The topological polar surface area (TPSA) is 36.9 Å². The van der Waals surface area contributed by atoms with E-state index in [-0.39, 0.29) is 35.6 Å². The van der Waals surface area contributed by atoms with E-state index in [1.165, 1.54) is 26.0 Å². The third-order valence-corrected chi connectivity index (χ3v) is 10.8. The van der Waals surface area contributed by atoms with Crippen molar-refractivity contribution < 1.29 is 29.6 Å². The van der Waals surface area contributed by atoms with Gasteiger partial charge in [-0.2, -0.15) is 0 Å². The molecule has 0 spiro atoms. The molecular weight excluding hydrogens is 748 g/mol. The van der Waals surface area contributed by atoms with Gasteiger partial charge in [-0.05, 0) is 29.2 Å². The van der Waals surface area contributed by atoms with Crippen molar-refractivity contribution in [3.05, 3.63) is 124 Å². The molecule has 0 radical (unpaired) electrons. The van der Waals surface area contributed by atoms with Crippen LogP contribution in [0.5, 0.6) is 11.5 Å². The molecule has 1 aliphatic rings. The zero-order chi connectivity index (χ0) is 35.2. The molecule has 46 heavy (non-hydrogen) atoms. The molecule has 2 unspecified atom stereocenters. The van der Waals surface area contributed by atoms with Crippen molar-refractivity contribution in [3.63, 3.8) is 0 Å². The summed E-state index contributed by atoms with van der Waals surface area (Å²) in [4.78, 5) is 4.72. The Morgan fingerprint density at radius 3 is 2.41 bits per heavy atom. The molecule has 234 valence electrons. The molecule has 0 fully saturated rings. The zero-order valence-electron chi connectivity index (χ0n) is 30.6. The molecule has 0 saturated heterocycles. The minimum atomic E-state index is -0.272. The first-order valence-corrected chi connectivity index (χ1v) is 16.9. The van der Waals surface area contributed by atoms with E-state index in [4.69, 9.17) is 15.2 Å². The first-order valence-electron chi connectivity index (χ1n) is 17.8. The van der Waals surface area contributed by atoms with Crippen LogP contribution in [0.2, 0.25) is 0 Å². The molecule has 0 aliphatic heterocycles. The molecule has 0 N–H and O–H groups in total. The molecule has 3 aromatic heterocycles. The Balaban J connectivity index is 1.29. The maximum atomic E-state index is 8.94. The van der Waals surface area contributed by atoms with Crippen LogP contribution in [-0.4, -0.2) is 18.7 Å². The Labute approximate surface area is 286 Å². The molecule has 2 atom stereocenters. The van der Waals surface area contributed by atoms with Crippen molar-refractivity contribution >= 4 is 32.8 Å². The van der Waals surface area contributed by atoms with Gasteiger partial charge in [0.2, 0.25) is 0 Å². The number of aryl methyl sites for hydroxylation is 1. The minimum absolute atomic E-state index is 0.0686. The average molecular weight is 790 g/mol. The van der Waals surface area contributed by atoms with Gasteiger partial charge in [-0.25, -0.2) is 4.98 Å². The fourth-order valence-corrected chi connectivity index (χ4v) is 7.97. The van der Waals surface area contributed by atoms with Crippen LogP contribution in [0.4, 0.5) is 0 Å². The van der Waals surface area contributed by atoms with Gasteiger partial charge in [-0.1, -0.05) is 38.9 Å². The third kappa shape index (κ3) is 4.71. The van der Waals surface area contributed by atoms with E-state index < -0.39 is 0 Å². The Hall–Kier alpha value is -4.21. The predicted molar refractivity (Wildman–Crippen MR) is 184 cm³/mol. The molecule has 5 nitrogen and oxygen atoms in total. The van der Waals surface area contributed by atoms with Crippen molar-refractivity contribution in [3.8, 4) is 17.3 Å². The summed E-state index contributed by atoms with van der Waals surface area (Å²) in [5, 5.41) is 1.18. The average Bonchev–Trinajstić information content (AvgIpc) is 3.57. The number of pyridine rings is 1. The quantitative estimate of drug-likeness (QED) is 0.178. The van der Waals surface area contributed by atoms with Crippen LogP contribution in [0.25, 0.3) is 38.7 Å². The zero-order valence-corrected chi connectivity index (χ0v) is 28.9. The van der Waals surface area contributed by atoms with Crippen molar-refractivity contribution in [1.82, 2.24) is 18.7 Å². The van der Waals surface area contributed by atoms with Gasteiger partial charge in [0.15, 0.2) is 0 Å². The number of benzene rings is 4. The molecule has 8 rings (SSSR count). The number of aromatic nitrogens is 4. The SMILES string of the molecule is [2H]c1c([2H])c([2H])c2c(c1[2H])c1ccc(Oc3ccc4c(c3)C(n3[c](=[Pt])n(C)c5ccccc53)CCC4C)cc1n2-c1cc(C(C)(C)C)ccn1. The predicted octanol–water partition coefficient (Wildman–Crippen LogP) is 10.1. The molecule has 4 aromatic carbocycles. The van der Waals surface area contributed by atoms with E-state index in [0.29, 0.717) is 39.3 Å². The van der Waals surface area contributed by atoms with Gasteiger partial charge in [0.1, 0.15) is 0 Å². The van der Waals surface area contributed by atoms with Gasteiger partial charge in [0.05, 0.1) is 5.48 Å². The number of hydrogen-bond donors (Lipinski definition) is 0. The molecular formula is C40H38N4OPt. The van der Waals surface area contributed by atoms with Gasteiger partial charge in [-0.15, -0.1) is 0 Å². The molecule has 0 bridgehead atoms. The fraction of sp³-hybridized carbons (Fsp3) is 0.250. The van der Waals surface area contributed by atoms with Crippen LogP contribution in [-0.2, 0) is 31.8 Å². The van der Waals surface area contributed by atoms with E-state index >= 15 is 0 Å². The molecule has 1 aliphatic carbocycles. The van der Waals surface area contributed by atoms with Gasteiger partial charge in [0, 0.05) is 6.20 Å². The Morgan fingerprint density at radius 2 is 1.59 bits per heavy atom. The smallest absolute Gasteiger partial charge is 0.239 e. The van der Waals surface area contributed by atoms with Crippen molar-refractivity contribution in [2.75, 3.05) is 0 Å². The molecule has 3 heterocycles. The van der Waals surface area contributed by atoms with Crippen LogP contribution in [0, 0.1) is 3.80 Å². The Morgan fingerprint density at radius 1 is 0.826 bits per heavy atom. The van der Waals surface area contributed by atoms with Gasteiger partial charge in [0.25, 0.3) is 0 Å². The molecule has 6 heteroatoms. The molecule has 0 saturated carbocycles. The van der Waals surface area contributed by atoms with Gasteiger partial charge in [-0.3, -0.25) is 0 Å². The van der Waals surface area contributed by atoms with E-state index in [1.54, 1.807) is 6.20 Å². The summed E-state index contributed by atoms with van der Waals surface area (Å²) in [5.41, 5.74) is 7.06. The van der Waals surface area contributed by atoms with E-state index in [9.17, 15) is 0 Å². The van der Waals surface area contributed by atoms with Crippen LogP contribution in [0.3, 0.4) is 0 Å². The van der Waals surface area contributed by atoms with Crippen molar-refractivity contribution in [2.45, 2.75) is 57.9 Å². The number of hydrogen-bond acceptors (Lipinski definition) is 2. The summed E-state index contributed by atoms with van der Waals surface area (Å²) in [6.45, 7) is 8.72. The second-order valence-electron chi connectivity index (χ2n) is 13.4. The molecule has 7 aromatic rings. The van der Waals surface area contributed by atoms with E-state index in [2.05, 4.69) is 99.6 Å². The first-order chi connectivity index (χ1) is 23.8. The maximum absolute atomic E-state index is 8.94. The number of fused-ring (bicyclic) bond motifs is 5. The second kappa shape index (κ2) is 11.0. The van der Waals surface area contributed by atoms with Crippen LogP contribution >= 0.6 is 0 Å². The van der Waals surface area contributed by atoms with Crippen molar-refractivity contribution in [2.24, 2.45) is 7.05 Å². The summed E-state index contributed by atoms with van der Waals surface area (Å²) >= 11 is 2.44. The van der Waals surface area contributed by atoms with Crippen LogP contribution < -0.4 is 4.74 Å². The number of imidazole rings is 1. The van der Waals surface area contributed by atoms with Crippen LogP contribution in [0.1, 0.15) is 74.7 Å². The number of rotatable bonds is 4. The summed E-state index contributed by atoms with van der Waals surface area (Å²) in [7, 11) is 2.13. The number of para-hydroxylation sites is 3. The van der Waals surface area contributed by atoms with Crippen LogP contribution in [0.15, 0.2) is 103 Å². The second-order valence-corrected chi connectivity index (χ2v) is 14.5. The summed E-state index contributed by atoms with van der Waals surface area (Å²) < 4.78 is 49.2. The van der Waals surface area contributed by atoms with Gasteiger partial charge < -0.3 is 0 Å². The normalized spacial score (nSPS) is 18.0. The van der Waals surface area contributed by atoms with E-state index in [1.807, 2.05) is 41.0 Å². The summed E-state index contributed by atoms with van der Waals surface area (Å²) in [6.07, 6.45) is 3.89. The Kier molecular flexibility index (Phi) is 5.94. The fourth-order valence-electron chi connectivity index (χ4n) is 7.07. The third-order valence-electron chi connectivity index (χ3n) is 9.52. The minimum Gasteiger partial charge on any atom is -0.239 e. The Bertz CT molecular complexity index is 2580. The number of nitrogens with zero attached hydrogens (tertiary/aromatic N) is 4. The van der Waals surface area contributed by atoms with E-state index in [0.717, 1.165) is 24.2 Å². The van der Waals surface area contributed by atoms with Crippen molar-refractivity contribution in [1.29, 1.82) is 0 Å². The summed E-state index contributed by atoms with van der Waals surface area (Å²) in [5.74, 6) is 2.37. The first kappa shape index (κ1) is 24.9. The summed E-state index contributed by atoms with van der Waals surface area (Å²) in [6, 6.07) is 24.2. The molecule has 0 amide bonds.